The number of allylic oxidation sites excluding steroid dienone is 2. The number of fused-ring (bicyclic) bond motifs is 1. The molecule has 0 saturated carbocycles. The number of ether oxygens (including phenoxy) is 2. The molecule has 3 aromatic rings. The highest BCUT2D eigenvalue weighted by Gasteiger charge is 2.36. The van der Waals surface area contributed by atoms with Crippen molar-refractivity contribution in [3.05, 3.63) is 83.9 Å². The SMILES string of the molecule is O=C(O)CCC=CC[C@@H]1COC(c2c(O)ccc3ccccc23)O[C@@H]1c1ccccc1O. The van der Waals surface area contributed by atoms with Gasteiger partial charge in [0.1, 0.15) is 11.5 Å². The Morgan fingerprint density at radius 1 is 0.969 bits per heavy atom. The Labute approximate surface area is 186 Å². The van der Waals surface area contributed by atoms with Crippen LogP contribution in [0.15, 0.2) is 72.8 Å². The molecule has 166 valence electrons. The Kier molecular flexibility index (Phi) is 6.73. The van der Waals surface area contributed by atoms with Crippen molar-refractivity contribution in [1.29, 1.82) is 0 Å². The van der Waals surface area contributed by atoms with Gasteiger partial charge in [-0.2, -0.15) is 0 Å². The number of hydrogen-bond acceptors (Lipinski definition) is 5. The van der Waals surface area contributed by atoms with Crippen LogP contribution in [0.25, 0.3) is 10.8 Å². The molecule has 0 aromatic heterocycles. The quantitative estimate of drug-likeness (QED) is 0.427. The van der Waals surface area contributed by atoms with E-state index in [9.17, 15) is 15.0 Å². The van der Waals surface area contributed by atoms with Crippen LogP contribution in [-0.4, -0.2) is 27.9 Å². The summed E-state index contributed by atoms with van der Waals surface area (Å²) in [5.74, 6) is -0.682. The van der Waals surface area contributed by atoms with Crippen molar-refractivity contribution in [3.8, 4) is 11.5 Å². The molecule has 6 heteroatoms. The Hall–Kier alpha value is -3.35. The van der Waals surface area contributed by atoms with Crippen molar-refractivity contribution in [2.45, 2.75) is 31.7 Å². The Balaban J connectivity index is 1.62. The Morgan fingerprint density at radius 3 is 2.56 bits per heavy atom. The summed E-state index contributed by atoms with van der Waals surface area (Å²) in [5.41, 5.74) is 1.23. The fraction of sp³-hybridized carbons (Fsp3) is 0.269. The van der Waals surface area contributed by atoms with E-state index in [2.05, 4.69) is 0 Å². The molecule has 0 radical (unpaired) electrons. The van der Waals surface area contributed by atoms with Crippen LogP contribution >= 0.6 is 0 Å². The maximum absolute atomic E-state index is 10.7. The fourth-order valence-electron chi connectivity index (χ4n) is 4.11. The van der Waals surface area contributed by atoms with Crippen molar-refractivity contribution < 1.29 is 29.6 Å². The first-order valence-corrected chi connectivity index (χ1v) is 10.7. The van der Waals surface area contributed by atoms with E-state index in [1.54, 1.807) is 18.2 Å². The van der Waals surface area contributed by atoms with Gasteiger partial charge in [0.05, 0.1) is 18.3 Å². The predicted octanol–water partition coefficient (Wildman–Crippen LogP) is 5.47. The van der Waals surface area contributed by atoms with Gasteiger partial charge in [-0.15, -0.1) is 0 Å². The summed E-state index contributed by atoms with van der Waals surface area (Å²) in [5, 5.41) is 31.7. The van der Waals surface area contributed by atoms with Gasteiger partial charge in [0.15, 0.2) is 6.29 Å². The van der Waals surface area contributed by atoms with Gasteiger partial charge in [-0.3, -0.25) is 4.79 Å². The third kappa shape index (κ3) is 4.77. The molecule has 32 heavy (non-hydrogen) atoms. The molecule has 1 fully saturated rings. The first-order valence-electron chi connectivity index (χ1n) is 10.7. The number of hydrogen-bond donors (Lipinski definition) is 3. The molecule has 0 spiro atoms. The highest BCUT2D eigenvalue weighted by Crippen LogP contribution is 2.45. The van der Waals surface area contributed by atoms with Gasteiger partial charge in [-0.25, -0.2) is 0 Å². The molecule has 1 heterocycles. The van der Waals surface area contributed by atoms with Gasteiger partial charge in [-0.05, 0) is 35.7 Å². The zero-order valence-corrected chi connectivity index (χ0v) is 17.6. The molecule has 4 rings (SSSR count). The van der Waals surface area contributed by atoms with Crippen LogP contribution in [0.2, 0.25) is 0 Å². The molecule has 1 unspecified atom stereocenters. The molecule has 0 amide bonds. The number of phenols is 2. The van der Waals surface area contributed by atoms with E-state index in [0.29, 0.717) is 30.6 Å². The number of aliphatic carboxylic acids is 1. The molecule has 1 aliphatic rings. The van der Waals surface area contributed by atoms with Gasteiger partial charge in [0.25, 0.3) is 0 Å². The van der Waals surface area contributed by atoms with E-state index in [-0.39, 0.29) is 23.8 Å². The van der Waals surface area contributed by atoms with Crippen LogP contribution in [-0.2, 0) is 14.3 Å². The molecule has 3 aromatic carbocycles. The van der Waals surface area contributed by atoms with E-state index >= 15 is 0 Å². The van der Waals surface area contributed by atoms with E-state index < -0.39 is 18.4 Å². The number of rotatable bonds is 7. The van der Waals surface area contributed by atoms with Crippen LogP contribution < -0.4 is 0 Å². The summed E-state index contributed by atoms with van der Waals surface area (Å²) >= 11 is 0. The van der Waals surface area contributed by atoms with Gasteiger partial charge in [0, 0.05) is 17.9 Å². The second kappa shape index (κ2) is 9.85. The number of phenolic OH excluding ortho intramolecular Hbond substituents is 2. The summed E-state index contributed by atoms with van der Waals surface area (Å²) in [4.78, 5) is 10.7. The minimum atomic E-state index is -0.830. The minimum absolute atomic E-state index is 0.0828. The third-order valence-corrected chi connectivity index (χ3v) is 5.72. The normalized spacial score (nSPS) is 21.2. The number of para-hydroxylation sites is 1. The average molecular weight is 434 g/mol. The lowest BCUT2D eigenvalue weighted by Gasteiger charge is -2.37. The summed E-state index contributed by atoms with van der Waals surface area (Å²) < 4.78 is 12.4. The lowest BCUT2D eigenvalue weighted by molar-refractivity contribution is -0.244. The smallest absolute Gasteiger partial charge is 0.303 e. The summed E-state index contributed by atoms with van der Waals surface area (Å²) in [7, 11) is 0. The van der Waals surface area contributed by atoms with Crippen LogP contribution in [0.4, 0.5) is 0 Å². The number of carbonyl (C=O) groups is 1. The van der Waals surface area contributed by atoms with Gasteiger partial charge in [-0.1, -0.05) is 60.7 Å². The van der Waals surface area contributed by atoms with Gasteiger partial charge in [0.2, 0.25) is 0 Å². The number of carboxylic acid groups (broad SMARTS) is 1. The molecule has 1 saturated heterocycles. The van der Waals surface area contributed by atoms with E-state index in [1.165, 1.54) is 0 Å². The summed E-state index contributed by atoms with van der Waals surface area (Å²) in [6.45, 7) is 0.357. The monoisotopic (exact) mass is 434 g/mol. The first-order chi connectivity index (χ1) is 15.5. The first kappa shape index (κ1) is 21.9. The highest BCUT2D eigenvalue weighted by atomic mass is 16.7. The molecular weight excluding hydrogens is 408 g/mol. The van der Waals surface area contributed by atoms with Crippen LogP contribution in [0.3, 0.4) is 0 Å². The lowest BCUT2D eigenvalue weighted by atomic mass is 9.91. The molecule has 3 atom stereocenters. The third-order valence-electron chi connectivity index (χ3n) is 5.72. The molecule has 3 N–H and O–H groups in total. The summed E-state index contributed by atoms with van der Waals surface area (Å²) in [6.07, 6.45) is 3.67. The van der Waals surface area contributed by atoms with Crippen molar-refractivity contribution >= 4 is 16.7 Å². The highest BCUT2D eigenvalue weighted by molar-refractivity contribution is 5.87. The molecule has 0 bridgehead atoms. The van der Waals surface area contributed by atoms with Crippen LogP contribution in [0.1, 0.15) is 42.8 Å². The van der Waals surface area contributed by atoms with Crippen LogP contribution in [0.5, 0.6) is 11.5 Å². The second-order valence-electron chi connectivity index (χ2n) is 7.90. The standard InChI is InChI=1S/C26H26O6/c27-21-12-7-6-11-20(21)25-18(9-2-1-3-13-23(29)30)16-31-26(32-25)24-19-10-5-4-8-17(19)14-15-22(24)28/h1-2,4-8,10-12,14-15,18,25-28H,3,9,13,16H2,(H,29,30)/t18-,25+,26?/m1/s1. The molecule has 1 aliphatic heterocycles. The maximum Gasteiger partial charge on any atom is 0.303 e. The number of carboxylic acids is 1. The largest absolute Gasteiger partial charge is 0.508 e. The molecule has 6 nitrogen and oxygen atoms in total. The molecular formula is C26H26O6. The van der Waals surface area contributed by atoms with Crippen molar-refractivity contribution in [3.63, 3.8) is 0 Å². The van der Waals surface area contributed by atoms with Crippen LogP contribution in [0, 0.1) is 5.92 Å². The fourth-order valence-corrected chi connectivity index (χ4v) is 4.11. The van der Waals surface area contributed by atoms with Crippen molar-refractivity contribution in [1.82, 2.24) is 0 Å². The topological polar surface area (TPSA) is 96.2 Å². The van der Waals surface area contributed by atoms with E-state index in [1.807, 2.05) is 54.6 Å². The zero-order valence-electron chi connectivity index (χ0n) is 17.6. The average Bonchev–Trinajstić information content (AvgIpc) is 2.79. The minimum Gasteiger partial charge on any atom is -0.508 e. The van der Waals surface area contributed by atoms with Crippen molar-refractivity contribution in [2.75, 3.05) is 6.61 Å². The number of aromatic hydroxyl groups is 2. The second-order valence-corrected chi connectivity index (χ2v) is 7.90. The number of benzene rings is 3. The van der Waals surface area contributed by atoms with E-state index in [4.69, 9.17) is 14.6 Å². The molecule has 0 aliphatic carbocycles. The van der Waals surface area contributed by atoms with Gasteiger partial charge < -0.3 is 24.8 Å². The summed E-state index contributed by atoms with van der Waals surface area (Å²) in [6, 6.07) is 18.3. The van der Waals surface area contributed by atoms with Crippen molar-refractivity contribution in [2.24, 2.45) is 5.92 Å². The van der Waals surface area contributed by atoms with Gasteiger partial charge >= 0.3 is 5.97 Å². The Morgan fingerprint density at radius 2 is 1.75 bits per heavy atom. The maximum atomic E-state index is 10.7. The predicted molar refractivity (Wildman–Crippen MR) is 120 cm³/mol. The van der Waals surface area contributed by atoms with E-state index in [0.717, 1.165) is 10.8 Å². The lowest BCUT2D eigenvalue weighted by Crippen LogP contribution is -2.30. The zero-order chi connectivity index (χ0) is 22.5. The Bertz CT molecular complexity index is 1120.